The molecule has 0 bridgehead atoms. The molecule has 238 valence electrons. The molecule has 42 heavy (non-hydrogen) atoms. The lowest BCUT2D eigenvalue weighted by atomic mass is 9.53. The highest BCUT2D eigenvalue weighted by Crippen LogP contribution is 2.55. The van der Waals surface area contributed by atoms with Gasteiger partial charge in [0.05, 0.1) is 0 Å². The summed E-state index contributed by atoms with van der Waals surface area (Å²) in [5.41, 5.74) is 3.52. The van der Waals surface area contributed by atoms with E-state index in [-0.39, 0.29) is 0 Å². The van der Waals surface area contributed by atoms with Gasteiger partial charge in [0.2, 0.25) is 0 Å². The van der Waals surface area contributed by atoms with Crippen LogP contribution in [0.5, 0.6) is 0 Å². The van der Waals surface area contributed by atoms with E-state index < -0.39 is 0 Å². The molecule has 4 aliphatic carbocycles. The van der Waals surface area contributed by atoms with Gasteiger partial charge in [0.25, 0.3) is 0 Å². The van der Waals surface area contributed by atoms with Crippen LogP contribution < -0.4 is 5.32 Å². The lowest BCUT2D eigenvalue weighted by Gasteiger charge is -2.52. The first-order chi connectivity index (χ1) is 20.6. The highest BCUT2D eigenvalue weighted by Gasteiger charge is 2.46. The largest absolute Gasteiger partial charge is 0.307 e. The van der Waals surface area contributed by atoms with E-state index in [4.69, 9.17) is 0 Å². The van der Waals surface area contributed by atoms with E-state index in [2.05, 4.69) is 57.3 Å². The van der Waals surface area contributed by atoms with Crippen LogP contribution in [0.1, 0.15) is 156 Å². The van der Waals surface area contributed by atoms with Crippen molar-refractivity contribution in [2.75, 3.05) is 6.54 Å². The lowest BCUT2D eigenvalue weighted by Crippen LogP contribution is -2.43. The number of hydrogen-bond donors (Lipinski definition) is 1. The average molecular weight is 576 g/mol. The Hall–Kier alpha value is -0.820. The third-order valence-corrected chi connectivity index (χ3v) is 13.6. The van der Waals surface area contributed by atoms with Crippen LogP contribution in [0.4, 0.5) is 0 Å². The van der Waals surface area contributed by atoms with E-state index in [1.165, 1.54) is 77.0 Å². The molecular formula is C41H69N. The Kier molecular flexibility index (Phi) is 12.8. The molecule has 8 unspecified atom stereocenters. The maximum atomic E-state index is 3.67. The highest BCUT2D eigenvalue weighted by molar-refractivity contribution is 5.16. The summed E-state index contributed by atoms with van der Waals surface area (Å²) in [4.78, 5) is 0. The first kappa shape index (κ1) is 32.6. The third kappa shape index (κ3) is 8.25. The number of rotatable bonds is 13. The van der Waals surface area contributed by atoms with Crippen molar-refractivity contribution >= 4 is 0 Å². The second-order valence-corrected chi connectivity index (χ2v) is 15.8. The molecule has 0 aromatic heterocycles. The van der Waals surface area contributed by atoms with Crippen LogP contribution in [-0.2, 0) is 0 Å². The predicted octanol–water partition coefficient (Wildman–Crippen LogP) is 11.8. The fraction of sp³-hybridized carbons (Fsp3) is 0.854. The van der Waals surface area contributed by atoms with E-state index >= 15 is 0 Å². The van der Waals surface area contributed by atoms with Crippen LogP contribution in [0.25, 0.3) is 0 Å². The van der Waals surface area contributed by atoms with Gasteiger partial charge in [0.15, 0.2) is 0 Å². The molecule has 1 heteroatoms. The molecule has 0 aromatic rings. The Morgan fingerprint density at radius 2 is 1.64 bits per heavy atom. The molecule has 0 saturated heterocycles. The fourth-order valence-electron chi connectivity index (χ4n) is 11.2. The van der Waals surface area contributed by atoms with E-state index in [1.807, 2.05) is 0 Å². The highest BCUT2D eigenvalue weighted by atomic mass is 14.9. The van der Waals surface area contributed by atoms with Crippen LogP contribution in [0.2, 0.25) is 0 Å². The molecule has 5 aliphatic rings. The van der Waals surface area contributed by atoms with Gasteiger partial charge in [-0.15, -0.1) is 0 Å². The molecular weight excluding hydrogens is 506 g/mol. The number of unbranched alkanes of at least 4 members (excludes halogenated alkanes) is 1. The minimum atomic E-state index is 0.607. The summed E-state index contributed by atoms with van der Waals surface area (Å²) in [5, 5.41) is 3.67. The Morgan fingerprint density at radius 3 is 2.33 bits per heavy atom. The molecule has 3 saturated carbocycles. The number of hydrogen-bond acceptors (Lipinski definition) is 1. The Balaban J connectivity index is 1.14. The van der Waals surface area contributed by atoms with E-state index in [9.17, 15) is 0 Å². The fourth-order valence-corrected chi connectivity index (χ4v) is 11.2. The van der Waals surface area contributed by atoms with Crippen LogP contribution in [0.15, 0.2) is 35.5 Å². The second kappa shape index (κ2) is 16.5. The molecule has 5 rings (SSSR count). The zero-order chi connectivity index (χ0) is 29.3. The van der Waals surface area contributed by atoms with Crippen molar-refractivity contribution in [1.29, 1.82) is 0 Å². The number of nitrogens with one attached hydrogen (secondary N) is 1. The standard InChI is InChI=1S/C41H69N/c1-5-8-14-32(6-2)30(4)19-20-33(7-3)34-21-23-35(24-22-34)38-25-26-39(41-18-10-9-17-40(38)41)36-15-11-13-31(28-36)29-37-16-12-27-42-37/h6,12,16,28,30,33-42H,5,7-11,13-15,17-27,29H2,1-4H3/b32-6+. The predicted molar refractivity (Wildman–Crippen MR) is 184 cm³/mol. The Morgan fingerprint density at radius 1 is 0.881 bits per heavy atom. The summed E-state index contributed by atoms with van der Waals surface area (Å²) >= 11 is 0. The van der Waals surface area contributed by atoms with Gasteiger partial charge in [-0.05, 0) is 163 Å². The Labute approximate surface area is 262 Å². The van der Waals surface area contributed by atoms with Crippen molar-refractivity contribution in [3.63, 3.8) is 0 Å². The van der Waals surface area contributed by atoms with E-state index in [0.29, 0.717) is 6.04 Å². The van der Waals surface area contributed by atoms with Gasteiger partial charge in [-0.2, -0.15) is 0 Å². The topological polar surface area (TPSA) is 12.0 Å². The maximum Gasteiger partial charge on any atom is 0.0290 e. The van der Waals surface area contributed by atoms with Crippen molar-refractivity contribution in [2.45, 2.75) is 162 Å². The molecule has 0 amide bonds. The average Bonchev–Trinajstić information content (AvgIpc) is 3.55. The molecule has 0 radical (unpaired) electrons. The van der Waals surface area contributed by atoms with Gasteiger partial charge in [0.1, 0.15) is 0 Å². The molecule has 1 N–H and O–H groups in total. The van der Waals surface area contributed by atoms with Crippen molar-refractivity contribution in [1.82, 2.24) is 5.32 Å². The molecule has 0 spiro atoms. The third-order valence-electron chi connectivity index (χ3n) is 13.6. The van der Waals surface area contributed by atoms with E-state index in [0.717, 1.165) is 59.8 Å². The minimum Gasteiger partial charge on any atom is -0.307 e. The van der Waals surface area contributed by atoms with Gasteiger partial charge in [-0.25, -0.2) is 0 Å². The summed E-state index contributed by atoms with van der Waals surface area (Å²) in [6.45, 7) is 10.7. The smallest absolute Gasteiger partial charge is 0.0290 e. The quantitative estimate of drug-likeness (QED) is 0.215. The van der Waals surface area contributed by atoms with Crippen molar-refractivity contribution < 1.29 is 0 Å². The molecule has 1 heterocycles. The van der Waals surface area contributed by atoms with Gasteiger partial charge in [-0.3, -0.25) is 0 Å². The minimum absolute atomic E-state index is 0.607. The van der Waals surface area contributed by atoms with Crippen LogP contribution in [-0.4, -0.2) is 12.6 Å². The Bertz CT molecular complexity index is 887. The summed E-state index contributed by atoms with van der Waals surface area (Å²) in [7, 11) is 0. The maximum absolute atomic E-state index is 3.67. The molecule has 3 fully saturated rings. The lowest BCUT2D eigenvalue weighted by molar-refractivity contribution is -0.0118. The number of allylic oxidation sites excluding steroid dienone is 3. The van der Waals surface area contributed by atoms with Crippen LogP contribution in [0, 0.1) is 53.3 Å². The summed E-state index contributed by atoms with van der Waals surface area (Å²) < 4.78 is 0. The molecule has 1 nitrogen and oxygen atoms in total. The van der Waals surface area contributed by atoms with Crippen LogP contribution in [0.3, 0.4) is 0 Å². The zero-order valence-electron chi connectivity index (χ0n) is 28.4. The zero-order valence-corrected chi connectivity index (χ0v) is 28.4. The molecule has 8 atom stereocenters. The normalized spacial score (nSPS) is 37.2. The van der Waals surface area contributed by atoms with Crippen molar-refractivity contribution in [2.24, 2.45) is 53.3 Å². The molecule has 0 aromatic carbocycles. The van der Waals surface area contributed by atoms with Gasteiger partial charge >= 0.3 is 0 Å². The van der Waals surface area contributed by atoms with E-state index in [1.54, 1.807) is 62.5 Å². The first-order valence-corrected chi connectivity index (χ1v) is 19.4. The van der Waals surface area contributed by atoms with Gasteiger partial charge < -0.3 is 5.32 Å². The SMILES string of the molecule is C/C=C(\CCCC)C(C)CCC(CC)C1CCC(C2CCC(C3C=C(CC4C=CCN4)CCC3)C3CCCCC23)CC1. The summed E-state index contributed by atoms with van der Waals surface area (Å²) in [6, 6.07) is 0.607. The van der Waals surface area contributed by atoms with Crippen molar-refractivity contribution in [3.05, 3.63) is 35.5 Å². The second-order valence-electron chi connectivity index (χ2n) is 15.8. The molecule has 1 aliphatic heterocycles. The monoisotopic (exact) mass is 576 g/mol. The van der Waals surface area contributed by atoms with Gasteiger partial charge in [-0.1, -0.05) is 81.9 Å². The van der Waals surface area contributed by atoms with Gasteiger partial charge in [0, 0.05) is 12.6 Å². The summed E-state index contributed by atoms with van der Waals surface area (Å²) in [5.74, 6) is 8.86. The van der Waals surface area contributed by atoms with Crippen LogP contribution >= 0.6 is 0 Å². The van der Waals surface area contributed by atoms with Crippen molar-refractivity contribution in [3.8, 4) is 0 Å². The number of fused-ring (bicyclic) bond motifs is 1. The summed E-state index contributed by atoms with van der Waals surface area (Å²) in [6.07, 6.45) is 39.3. The first-order valence-electron chi connectivity index (χ1n) is 19.4.